The van der Waals surface area contributed by atoms with Crippen LogP contribution in [0.15, 0.2) is 41.4 Å². The molecule has 1 aliphatic rings. The zero-order chi connectivity index (χ0) is 24.5. The molecule has 0 aliphatic carbocycles. The summed E-state index contributed by atoms with van der Waals surface area (Å²) < 4.78 is 10.9. The molecule has 6 rings (SSSR count). The van der Waals surface area contributed by atoms with E-state index in [2.05, 4.69) is 47.5 Å². The van der Waals surface area contributed by atoms with Crippen molar-refractivity contribution in [1.82, 2.24) is 35.0 Å². The lowest BCUT2D eigenvalue weighted by molar-refractivity contribution is 0.0342. The second-order valence-corrected chi connectivity index (χ2v) is 9.50. The summed E-state index contributed by atoms with van der Waals surface area (Å²) in [5.41, 5.74) is 5.24. The predicted octanol–water partition coefficient (Wildman–Crippen LogP) is 4.71. The van der Waals surface area contributed by atoms with Crippen LogP contribution >= 0.6 is 22.9 Å². The Morgan fingerprint density at radius 3 is 2.89 bits per heavy atom. The van der Waals surface area contributed by atoms with Crippen LogP contribution in [0.25, 0.3) is 33.9 Å². The number of hydrogen-bond acceptors (Lipinski definition) is 9. The molecule has 1 aliphatic heterocycles. The quantitative estimate of drug-likeness (QED) is 0.281. The van der Waals surface area contributed by atoms with Crippen LogP contribution in [-0.2, 0) is 11.3 Å². The second-order valence-electron chi connectivity index (χ2n) is 8.35. The Balaban J connectivity index is 1.28. The number of halogens is 1. The van der Waals surface area contributed by atoms with E-state index in [1.165, 1.54) is 16.9 Å². The number of nitrogens with one attached hydrogen (secondary N) is 3. The molecule has 5 aromatic rings. The van der Waals surface area contributed by atoms with Gasteiger partial charge in [0.15, 0.2) is 23.2 Å². The fourth-order valence-electron chi connectivity index (χ4n) is 4.16. The van der Waals surface area contributed by atoms with Crippen molar-refractivity contribution in [3.8, 4) is 28.7 Å². The zero-order valence-electron chi connectivity index (χ0n) is 19.4. The predicted molar refractivity (Wildman–Crippen MR) is 140 cm³/mol. The van der Waals surface area contributed by atoms with Crippen molar-refractivity contribution in [3.63, 3.8) is 0 Å². The number of hydrogen-bond donors (Lipinski definition) is 3. The lowest BCUT2D eigenvalue weighted by Gasteiger charge is -2.26. The van der Waals surface area contributed by atoms with E-state index >= 15 is 0 Å². The summed E-state index contributed by atoms with van der Waals surface area (Å²) in [5.74, 6) is 2.17. The molecule has 10 nitrogen and oxygen atoms in total. The van der Waals surface area contributed by atoms with Gasteiger partial charge in [-0.15, -0.1) is 0 Å². The van der Waals surface area contributed by atoms with Crippen LogP contribution in [0.4, 0.5) is 11.5 Å². The average Bonchev–Trinajstić information content (AvgIpc) is 3.64. The number of aromatic amines is 2. The van der Waals surface area contributed by atoms with Crippen LogP contribution in [-0.4, -0.2) is 68.4 Å². The van der Waals surface area contributed by atoms with Gasteiger partial charge in [0.2, 0.25) is 0 Å². The van der Waals surface area contributed by atoms with Crippen molar-refractivity contribution in [3.05, 3.63) is 51.9 Å². The third-order valence-corrected chi connectivity index (χ3v) is 7.20. The van der Waals surface area contributed by atoms with Gasteiger partial charge >= 0.3 is 0 Å². The molecule has 0 spiro atoms. The number of ether oxygens (including phenoxy) is 2. The molecule has 1 saturated heterocycles. The summed E-state index contributed by atoms with van der Waals surface area (Å²) in [6.07, 6.45) is 3.31. The largest absolute Gasteiger partial charge is 0.491 e. The van der Waals surface area contributed by atoms with Gasteiger partial charge in [-0.3, -0.25) is 10.00 Å². The number of H-pyrrole nitrogens is 2. The van der Waals surface area contributed by atoms with E-state index in [0.717, 1.165) is 49.4 Å². The second kappa shape index (κ2) is 9.86. The van der Waals surface area contributed by atoms with Gasteiger partial charge in [0.25, 0.3) is 0 Å². The Hall–Kier alpha value is -3.51. The van der Waals surface area contributed by atoms with Crippen LogP contribution in [0.2, 0.25) is 5.02 Å². The molecule has 184 valence electrons. The van der Waals surface area contributed by atoms with Crippen LogP contribution in [0.3, 0.4) is 0 Å². The van der Waals surface area contributed by atoms with E-state index in [9.17, 15) is 0 Å². The Bertz CT molecular complexity index is 1510. The van der Waals surface area contributed by atoms with Crippen molar-refractivity contribution >= 4 is 45.5 Å². The Morgan fingerprint density at radius 2 is 2.08 bits per heavy atom. The molecular weight excluding hydrogens is 500 g/mol. The highest BCUT2D eigenvalue weighted by atomic mass is 35.5. The molecule has 0 amide bonds. The molecule has 0 atom stereocenters. The van der Waals surface area contributed by atoms with Crippen molar-refractivity contribution in [2.75, 3.05) is 38.7 Å². The number of benzene rings is 1. The van der Waals surface area contributed by atoms with Gasteiger partial charge in [-0.25, -0.2) is 15.0 Å². The number of anilines is 2. The van der Waals surface area contributed by atoms with Crippen LogP contribution in [0, 0.1) is 0 Å². The standard InChI is InChI=1S/C24H23ClN8O2S/c1-34-20-10-26-22(15-12-36-13-16(15)25)31-23(20)30-19-9-27-32-21(19)24-28-17-3-2-14(8-18(17)29-24)11-33-4-6-35-7-5-33/h2-3,8-10,12-13H,4-7,11H2,1H3,(H,27,32)(H,28,29)(H,26,30,31). The Kier molecular flexibility index (Phi) is 6.28. The first kappa shape index (κ1) is 22.9. The lowest BCUT2D eigenvalue weighted by atomic mass is 10.2. The number of imidazole rings is 1. The number of methoxy groups -OCH3 is 1. The first-order chi connectivity index (χ1) is 17.7. The minimum absolute atomic E-state index is 0.495. The third kappa shape index (κ3) is 4.53. The molecule has 5 heterocycles. The molecule has 0 bridgehead atoms. The van der Waals surface area contributed by atoms with E-state index in [-0.39, 0.29) is 0 Å². The topological polar surface area (TPSA) is 117 Å². The van der Waals surface area contributed by atoms with Gasteiger partial charge < -0.3 is 19.8 Å². The molecule has 36 heavy (non-hydrogen) atoms. The monoisotopic (exact) mass is 522 g/mol. The summed E-state index contributed by atoms with van der Waals surface area (Å²) in [7, 11) is 1.57. The summed E-state index contributed by atoms with van der Waals surface area (Å²) in [6.45, 7) is 4.34. The van der Waals surface area contributed by atoms with E-state index in [1.807, 2.05) is 16.8 Å². The highest BCUT2D eigenvalue weighted by Crippen LogP contribution is 2.34. The molecule has 1 aromatic carbocycles. The molecule has 0 radical (unpaired) electrons. The summed E-state index contributed by atoms with van der Waals surface area (Å²) in [5, 5.41) is 15.0. The highest BCUT2D eigenvalue weighted by Gasteiger charge is 2.18. The maximum Gasteiger partial charge on any atom is 0.179 e. The van der Waals surface area contributed by atoms with Gasteiger partial charge in [0.05, 0.1) is 54.5 Å². The van der Waals surface area contributed by atoms with Crippen molar-refractivity contribution < 1.29 is 9.47 Å². The first-order valence-electron chi connectivity index (χ1n) is 11.4. The summed E-state index contributed by atoms with van der Waals surface area (Å²) >= 11 is 7.79. The van der Waals surface area contributed by atoms with Gasteiger partial charge in [0, 0.05) is 36.0 Å². The molecule has 1 fully saturated rings. The average molecular weight is 523 g/mol. The number of aromatic nitrogens is 6. The van der Waals surface area contributed by atoms with E-state index in [1.54, 1.807) is 19.5 Å². The van der Waals surface area contributed by atoms with Gasteiger partial charge in [-0.05, 0) is 17.7 Å². The molecule has 0 saturated carbocycles. The highest BCUT2D eigenvalue weighted by molar-refractivity contribution is 7.08. The van der Waals surface area contributed by atoms with Crippen molar-refractivity contribution in [1.29, 1.82) is 0 Å². The van der Waals surface area contributed by atoms with Gasteiger partial charge in [-0.1, -0.05) is 17.7 Å². The Labute approximate surface area is 215 Å². The van der Waals surface area contributed by atoms with E-state index in [0.29, 0.717) is 39.6 Å². The maximum atomic E-state index is 6.30. The molecular formula is C24H23ClN8O2S. The van der Waals surface area contributed by atoms with Crippen molar-refractivity contribution in [2.45, 2.75) is 6.54 Å². The van der Waals surface area contributed by atoms with E-state index < -0.39 is 0 Å². The minimum atomic E-state index is 0.495. The number of rotatable bonds is 7. The minimum Gasteiger partial charge on any atom is -0.491 e. The van der Waals surface area contributed by atoms with Crippen LogP contribution in [0.1, 0.15) is 5.56 Å². The SMILES string of the molecule is COc1cnc(-c2cscc2Cl)nc1Nc1cn[nH]c1-c1nc2ccc(CN3CCOCC3)cc2[nH]1. The number of fused-ring (bicyclic) bond motifs is 1. The molecule has 4 aromatic heterocycles. The number of thiophene rings is 1. The first-order valence-corrected chi connectivity index (χ1v) is 12.7. The van der Waals surface area contributed by atoms with Gasteiger partial charge in [-0.2, -0.15) is 16.4 Å². The smallest absolute Gasteiger partial charge is 0.179 e. The Morgan fingerprint density at radius 1 is 1.19 bits per heavy atom. The molecule has 12 heteroatoms. The maximum absolute atomic E-state index is 6.30. The fourth-order valence-corrected chi connectivity index (χ4v) is 5.20. The van der Waals surface area contributed by atoms with Gasteiger partial charge in [0.1, 0.15) is 5.69 Å². The zero-order valence-corrected chi connectivity index (χ0v) is 21.0. The van der Waals surface area contributed by atoms with Crippen LogP contribution in [0.5, 0.6) is 5.75 Å². The van der Waals surface area contributed by atoms with Crippen molar-refractivity contribution in [2.24, 2.45) is 0 Å². The van der Waals surface area contributed by atoms with Crippen LogP contribution < -0.4 is 10.1 Å². The number of morpholine rings is 1. The van der Waals surface area contributed by atoms with E-state index in [4.69, 9.17) is 26.1 Å². The molecule has 3 N–H and O–H groups in total. The normalized spacial score (nSPS) is 14.4. The lowest BCUT2D eigenvalue weighted by Crippen LogP contribution is -2.35. The number of nitrogens with zero attached hydrogens (tertiary/aromatic N) is 5. The third-order valence-electron chi connectivity index (χ3n) is 6.02. The summed E-state index contributed by atoms with van der Waals surface area (Å²) in [4.78, 5) is 19.6. The molecule has 0 unspecified atom stereocenters. The fraction of sp³-hybridized carbons (Fsp3) is 0.250. The summed E-state index contributed by atoms with van der Waals surface area (Å²) in [6, 6.07) is 6.31.